The molecule has 3 rings (SSSR count). The molecule has 2 aromatic heterocycles. The summed E-state index contributed by atoms with van der Waals surface area (Å²) in [4.78, 5) is 12.4. The molecule has 5 N–H and O–H groups in total. The standard InChI is InChI=1S/C13H19N5O5/c1-6(3-19)22-12-10-11(16-13(14)17-12)18(5-15-10)9-2-7(21)8(4-20)23-9/h5-9,19-21H,2-4H2,1H3,(H2,14,16,17)/t6?,7-,8-,9-/m1/s1. The first kappa shape index (κ1) is 15.9. The molecule has 2 aromatic rings. The van der Waals surface area contributed by atoms with Crippen molar-refractivity contribution >= 4 is 17.1 Å². The Labute approximate surface area is 131 Å². The van der Waals surface area contributed by atoms with Gasteiger partial charge in [-0.15, -0.1) is 0 Å². The van der Waals surface area contributed by atoms with Crippen molar-refractivity contribution in [1.82, 2.24) is 19.5 Å². The normalized spacial score (nSPS) is 25.8. The molecule has 0 spiro atoms. The third-order valence-electron chi connectivity index (χ3n) is 3.67. The molecule has 4 atom stereocenters. The first-order chi connectivity index (χ1) is 11.0. The van der Waals surface area contributed by atoms with Crippen molar-refractivity contribution in [1.29, 1.82) is 0 Å². The Bertz CT molecular complexity index is 693. The van der Waals surface area contributed by atoms with Crippen LogP contribution in [0.25, 0.3) is 11.2 Å². The van der Waals surface area contributed by atoms with E-state index in [2.05, 4.69) is 15.0 Å². The van der Waals surface area contributed by atoms with Gasteiger partial charge in [-0.25, -0.2) is 4.98 Å². The summed E-state index contributed by atoms with van der Waals surface area (Å²) in [5, 5.41) is 28.1. The second kappa shape index (κ2) is 6.24. The Morgan fingerprint density at radius 3 is 2.91 bits per heavy atom. The Kier molecular flexibility index (Phi) is 4.31. The van der Waals surface area contributed by atoms with Crippen LogP contribution in [0, 0.1) is 0 Å². The lowest BCUT2D eigenvalue weighted by molar-refractivity contribution is -0.0432. The highest BCUT2D eigenvalue weighted by Crippen LogP contribution is 2.32. The highest BCUT2D eigenvalue weighted by molar-refractivity contribution is 5.77. The van der Waals surface area contributed by atoms with Gasteiger partial charge in [-0.05, 0) is 6.92 Å². The Morgan fingerprint density at radius 1 is 1.48 bits per heavy atom. The molecule has 1 unspecified atom stereocenters. The number of imidazole rings is 1. The Hall–Kier alpha value is -2.01. The maximum absolute atomic E-state index is 9.86. The second-order valence-electron chi connectivity index (χ2n) is 5.44. The summed E-state index contributed by atoms with van der Waals surface area (Å²) in [5.41, 5.74) is 6.49. The fraction of sp³-hybridized carbons (Fsp3) is 0.615. The van der Waals surface area contributed by atoms with Gasteiger partial charge in [0.1, 0.15) is 18.4 Å². The second-order valence-corrected chi connectivity index (χ2v) is 5.44. The van der Waals surface area contributed by atoms with E-state index in [1.807, 2.05) is 0 Å². The predicted molar refractivity (Wildman–Crippen MR) is 78.5 cm³/mol. The van der Waals surface area contributed by atoms with Crippen LogP contribution in [-0.4, -0.2) is 66.4 Å². The zero-order chi connectivity index (χ0) is 16.6. The molecule has 1 fully saturated rings. The van der Waals surface area contributed by atoms with E-state index in [9.17, 15) is 10.2 Å². The molecule has 0 bridgehead atoms. The van der Waals surface area contributed by atoms with Crippen LogP contribution in [0.4, 0.5) is 5.95 Å². The molecule has 126 valence electrons. The van der Waals surface area contributed by atoms with Crippen LogP contribution in [0.5, 0.6) is 5.88 Å². The summed E-state index contributed by atoms with van der Waals surface area (Å²) < 4.78 is 12.7. The van der Waals surface area contributed by atoms with Crippen molar-refractivity contribution in [2.24, 2.45) is 0 Å². The Balaban J connectivity index is 1.97. The number of nitrogens with two attached hydrogens (primary N) is 1. The number of hydrogen-bond acceptors (Lipinski definition) is 9. The van der Waals surface area contributed by atoms with E-state index in [1.54, 1.807) is 11.5 Å². The molecule has 1 aliphatic heterocycles. The summed E-state index contributed by atoms with van der Waals surface area (Å²) in [6, 6.07) is 0. The summed E-state index contributed by atoms with van der Waals surface area (Å²) in [6.07, 6.45) is -0.630. The van der Waals surface area contributed by atoms with E-state index in [0.29, 0.717) is 17.6 Å². The molecule has 3 heterocycles. The van der Waals surface area contributed by atoms with E-state index in [-0.39, 0.29) is 25.0 Å². The fourth-order valence-corrected chi connectivity index (χ4v) is 2.48. The summed E-state index contributed by atoms with van der Waals surface area (Å²) >= 11 is 0. The number of nitrogens with zero attached hydrogens (tertiary/aromatic N) is 4. The van der Waals surface area contributed by atoms with Gasteiger partial charge in [0, 0.05) is 6.42 Å². The van der Waals surface area contributed by atoms with Crippen LogP contribution >= 0.6 is 0 Å². The lowest BCUT2D eigenvalue weighted by atomic mass is 10.2. The third-order valence-corrected chi connectivity index (χ3v) is 3.67. The van der Waals surface area contributed by atoms with Crippen molar-refractivity contribution in [2.45, 2.75) is 37.9 Å². The lowest BCUT2D eigenvalue weighted by Crippen LogP contribution is -2.24. The maximum atomic E-state index is 9.86. The summed E-state index contributed by atoms with van der Waals surface area (Å²) in [5.74, 6) is 0.168. The van der Waals surface area contributed by atoms with Gasteiger partial charge >= 0.3 is 0 Å². The van der Waals surface area contributed by atoms with Crippen molar-refractivity contribution in [2.75, 3.05) is 18.9 Å². The summed E-state index contributed by atoms with van der Waals surface area (Å²) in [6.45, 7) is 1.23. The van der Waals surface area contributed by atoms with Crippen molar-refractivity contribution in [3.8, 4) is 5.88 Å². The molecule has 10 nitrogen and oxygen atoms in total. The van der Waals surface area contributed by atoms with Gasteiger partial charge in [0.15, 0.2) is 11.2 Å². The highest BCUT2D eigenvalue weighted by Gasteiger charge is 2.35. The fourth-order valence-electron chi connectivity index (χ4n) is 2.48. The highest BCUT2D eigenvalue weighted by atomic mass is 16.5. The van der Waals surface area contributed by atoms with Crippen molar-refractivity contribution in [3.05, 3.63) is 6.33 Å². The van der Waals surface area contributed by atoms with Crippen LogP contribution in [-0.2, 0) is 4.74 Å². The van der Waals surface area contributed by atoms with E-state index in [4.69, 9.17) is 20.3 Å². The van der Waals surface area contributed by atoms with Crippen LogP contribution in [0.2, 0.25) is 0 Å². The smallest absolute Gasteiger partial charge is 0.247 e. The van der Waals surface area contributed by atoms with Crippen molar-refractivity contribution in [3.63, 3.8) is 0 Å². The van der Waals surface area contributed by atoms with Gasteiger partial charge < -0.3 is 30.5 Å². The molecule has 0 amide bonds. The van der Waals surface area contributed by atoms with Crippen LogP contribution < -0.4 is 10.5 Å². The molecular formula is C13H19N5O5. The van der Waals surface area contributed by atoms with E-state index >= 15 is 0 Å². The van der Waals surface area contributed by atoms with Gasteiger partial charge in [0.2, 0.25) is 11.8 Å². The molecular weight excluding hydrogens is 306 g/mol. The van der Waals surface area contributed by atoms with Gasteiger partial charge in [-0.1, -0.05) is 0 Å². The molecule has 10 heteroatoms. The van der Waals surface area contributed by atoms with E-state index in [0.717, 1.165) is 0 Å². The van der Waals surface area contributed by atoms with Gasteiger partial charge in [-0.2, -0.15) is 9.97 Å². The predicted octanol–water partition coefficient (Wildman–Crippen LogP) is -1.19. The minimum absolute atomic E-state index is 0.00311. The molecule has 23 heavy (non-hydrogen) atoms. The lowest BCUT2D eigenvalue weighted by Gasteiger charge is -2.14. The number of aliphatic hydroxyl groups excluding tert-OH is 3. The number of nitrogen functional groups attached to an aromatic ring is 1. The maximum Gasteiger partial charge on any atom is 0.247 e. The molecule has 0 radical (unpaired) electrons. The largest absolute Gasteiger partial charge is 0.470 e. The van der Waals surface area contributed by atoms with Crippen LogP contribution in [0.15, 0.2) is 6.33 Å². The number of fused-ring (bicyclic) bond motifs is 1. The zero-order valence-corrected chi connectivity index (χ0v) is 12.5. The molecule has 0 saturated carbocycles. The molecule has 1 aliphatic rings. The van der Waals surface area contributed by atoms with Crippen LogP contribution in [0.1, 0.15) is 19.6 Å². The zero-order valence-electron chi connectivity index (χ0n) is 12.5. The first-order valence-electron chi connectivity index (χ1n) is 7.25. The molecule has 0 aromatic carbocycles. The van der Waals surface area contributed by atoms with Crippen molar-refractivity contribution < 1.29 is 24.8 Å². The van der Waals surface area contributed by atoms with Crippen LogP contribution in [0.3, 0.4) is 0 Å². The first-order valence-corrected chi connectivity index (χ1v) is 7.25. The average molecular weight is 325 g/mol. The summed E-state index contributed by atoms with van der Waals surface area (Å²) in [7, 11) is 0. The topological polar surface area (TPSA) is 149 Å². The Morgan fingerprint density at radius 2 is 2.26 bits per heavy atom. The number of aromatic nitrogens is 4. The number of rotatable bonds is 5. The van der Waals surface area contributed by atoms with E-state index in [1.165, 1.54) is 6.33 Å². The van der Waals surface area contributed by atoms with E-state index < -0.39 is 24.5 Å². The minimum atomic E-state index is -0.772. The SMILES string of the molecule is CC(CO)Oc1nc(N)nc2c1ncn2[C@H]1C[C@@H](O)[C@@H](CO)O1. The van der Waals surface area contributed by atoms with Gasteiger partial charge in [0.25, 0.3) is 0 Å². The number of ether oxygens (including phenoxy) is 2. The number of hydrogen-bond donors (Lipinski definition) is 4. The minimum Gasteiger partial charge on any atom is -0.470 e. The van der Waals surface area contributed by atoms with Gasteiger partial charge in [0.05, 0.1) is 25.6 Å². The quantitative estimate of drug-likeness (QED) is 0.532. The third kappa shape index (κ3) is 2.93. The number of anilines is 1. The molecule has 1 saturated heterocycles. The molecule has 0 aliphatic carbocycles. The van der Waals surface area contributed by atoms with Gasteiger partial charge in [-0.3, -0.25) is 4.57 Å². The monoisotopic (exact) mass is 325 g/mol. The number of aliphatic hydroxyl groups is 3. The average Bonchev–Trinajstić information content (AvgIpc) is 3.10.